The third kappa shape index (κ3) is 1.13. The standard InChI is InChI=1S/C11H16O4/c12-8(13)11(9(14)15)7-3-6-10(11)4-1-2-5-10/h1-7H2,(H,12,13)(H,14,15). The quantitative estimate of drug-likeness (QED) is 0.685. The van der Waals surface area contributed by atoms with Gasteiger partial charge in [-0.1, -0.05) is 19.3 Å². The second-order valence-corrected chi connectivity index (χ2v) is 4.86. The average molecular weight is 212 g/mol. The fourth-order valence-electron chi connectivity index (χ4n) is 3.66. The summed E-state index contributed by atoms with van der Waals surface area (Å²) >= 11 is 0. The summed E-state index contributed by atoms with van der Waals surface area (Å²) in [6, 6.07) is 0. The normalized spacial score (nSPS) is 26.9. The van der Waals surface area contributed by atoms with Crippen molar-refractivity contribution in [1.29, 1.82) is 0 Å². The van der Waals surface area contributed by atoms with Crippen LogP contribution in [0.15, 0.2) is 0 Å². The molecule has 2 N–H and O–H groups in total. The van der Waals surface area contributed by atoms with Gasteiger partial charge >= 0.3 is 11.9 Å². The Kier molecular flexibility index (Phi) is 2.24. The molecule has 4 nitrogen and oxygen atoms in total. The molecule has 0 aromatic carbocycles. The summed E-state index contributed by atoms with van der Waals surface area (Å²) in [6.45, 7) is 0. The molecule has 0 bridgehead atoms. The smallest absolute Gasteiger partial charge is 0.321 e. The van der Waals surface area contributed by atoms with Gasteiger partial charge in [0.05, 0.1) is 0 Å². The molecule has 0 aromatic rings. The highest BCUT2D eigenvalue weighted by atomic mass is 16.4. The monoisotopic (exact) mass is 212 g/mol. The van der Waals surface area contributed by atoms with Crippen molar-refractivity contribution in [2.24, 2.45) is 10.8 Å². The average Bonchev–Trinajstić information content (AvgIpc) is 2.75. The summed E-state index contributed by atoms with van der Waals surface area (Å²) in [6.07, 6.45) is 5.30. The molecule has 0 heterocycles. The van der Waals surface area contributed by atoms with E-state index in [1.165, 1.54) is 0 Å². The zero-order chi connectivity index (χ0) is 11.1. The van der Waals surface area contributed by atoms with Gasteiger partial charge in [0.2, 0.25) is 0 Å². The zero-order valence-electron chi connectivity index (χ0n) is 8.66. The third-order valence-electron chi connectivity index (χ3n) is 4.40. The molecule has 84 valence electrons. The molecule has 2 rings (SSSR count). The lowest BCUT2D eigenvalue weighted by Crippen LogP contribution is -2.48. The van der Waals surface area contributed by atoms with Gasteiger partial charge in [0.1, 0.15) is 0 Å². The molecular weight excluding hydrogens is 196 g/mol. The van der Waals surface area contributed by atoms with E-state index < -0.39 is 22.8 Å². The molecule has 2 aliphatic rings. The molecule has 15 heavy (non-hydrogen) atoms. The van der Waals surface area contributed by atoms with Gasteiger partial charge in [-0.3, -0.25) is 9.59 Å². The Hall–Kier alpha value is -1.06. The molecule has 0 amide bonds. The van der Waals surface area contributed by atoms with E-state index in [0.29, 0.717) is 6.42 Å². The van der Waals surface area contributed by atoms with E-state index in [1.807, 2.05) is 0 Å². The predicted octanol–water partition coefficient (Wildman–Crippen LogP) is 1.89. The fraction of sp³-hybridized carbons (Fsp3) is 0.818. The minimum atomic E-state index is -1.50. The second-order valence-electron chi connectivity index (χ2n) is 4.86. The summed E-state index contributed by atoms with van der Waals surface area (Å²) < 4.78 is 0. The first-order valence-corrected chi connectivity index (χ1v) is 5.52. The van der Waals surface area contributed by atoms with Crippen molar-refractivity contribution in [2.75, 3.05) is 0 Å². The first-order chi connectivity index (χ1) is 7.05. The van der Waals surface area contributed by atoms with E-state index in [-0.39, 0.29) is 0 Å². The van der Waals surface area contributed by atoms with Crippen LogP contribution in [0.2, 0.25) is 0 Å². The summed E-state index contributed by atoms with van der Waals surface area (Å²) in [5.41, 5.74) is -1.95. The molecule has 2 fully saturated rings. The Morgan fingerprint density at radius 1 is 0.800 bits per heavy atom. The van der Waals surface area contributed by atoms with Crippen molar-refractivity contribution < 1.29 is 19.8 Å². The summed E-state index contributed by atoms with van der Waals surface area (Å²) in [4.78, 5) is 22.7. The van der Waals surface area contributed by atoms with Crippen LogP contribution < -0.4 is 0 Å². The molecule has 2 aliphatic carbocycles. The van der Waals surface area contributed by atoms with E-state index in [9.17, 15) is 19.8 Å². The zero-order valence-corrected chi connectivity index (χ0v) is 8.66. The minimum absolute atomic E-state index is 0.303. The van der Waals surface area contributed by atoms with Gasteiger partial charge in [-0.25, -0.2) is 0 Å². The molecule has 0 aliphatic heterocycles. The first kappa shape index (κ1) is 10.5. The van der Waals surface area contributed by atoms with Gasteiger partial charge in [0.25, 0.3) is 0 Å². The van der Waals surface area contributed by atoms with Crippen molar-refractivity contribution in [2.45, 2.75) is 44.9 Å². The van der Waals surface area contributed by atoms with Crippen LogP contribution in [-0.2, 0) is 9.59 Å². The largest absolute Gasteiger partial charge is 0.480 e. The van der Waals surface area contributed by atoms with Gasteiger partial charge in [-0.2, -0.15) is 0 Å². The number of hydrogen-bond acceptors (Lipinski definition) is 2. The lowest BCUT2D eigenvalue weighted by atomic mass is 9.64. The molecule has 4 heteroatoms. The lowest BCUT2D eigenvalue weighted by molar-refractivity contribution is -0.173. The van der Waals surface area contributed by atoms with Gasteiger partial charge < -0.3 is 10.2 Å². The Morgan fingerprint density at radius 2 is 1.27 bits per heavy atom. The van der Waals surface area contributed by atoms with Crippen LogP contribution in [0.4, 0.5) is 0 Å². The Balaban J connectivity index is 2.46. The molecule has 0 atom stereocenters. The summed E-state index contributed by atoms with van der Waals surface area (Å²) in [5.74, 6) is -2.26. The minimum Gasteiger partial charge on any atom is -0.480 e. The van der Waals surface area contributed by atoms with Crippen LogP contribution in [0, 0.1) is 10.8 Å². The molecule has 0 saturated heterocycles. The van der Waals surface area contributed by atoms with E-state index in [0.717, 1.165) is 38.5 Å². The maximum atomic E-state index is 11.3. The number of hydrogen-bond donors (Lipinski definition) is 2. The molecular formula is C11H16O4. The van der Waals surface area contributed by atoms with Gasteiger partial charge in [0.15, 0.2) is 5.41 Å². The van der Waals surface area contributed by atoms with E-state index >= 15 is 0 Å². The summed E-state index contributed by atoms with van der Waals surface area (Å²) in [5, 5.41) is 18.6. The van der Waals surface area contributed by atoms with E-state index in [4.69, 9.17) is 0 Å². The molecule has 0 radical (unpaired) electrons. The van der Waals surface area contributed by atoms with Gasteiger partial charge in [-0.15, -0.1) is 0 Å². The van der Waals surface area contributed by atoms with Crippen molar-refractivity contribution in [3.05, 3.63) is 0 Å². The van der Waals surface area contributed by atoms with E-state index in [2.05, 4.69) is 0 Å². The molecule has 0 unspecified atom stereocenters. The van der Waals surface area contributed by atoms with Crippen molar-refractivity contribution in [3.63, 3.8) is 0 Å². The fourth-order valence-corrected chi connectivity index (χ4v) is 3.66. The predicted molar refractivity (Wildman–Crippen MR) is 52.5 cm³/mol. The van der Waals surface area contributed by atoms with Crippen LogP contribution in [0.3, 0.4) is 0 Å². The lowest BCUT2D eigenvalue weighted by Gasteiger charge is -2.36. The van der Waals surface area contributed by atoms with Crippen LogP contribution in [0.5, 0.6) is 0 Å². The SMILES string of the molecule is O=C(O)C1(C(=O)O)CCCC12CCCC2. The van der Waals surface area contributed by atoms with Crippen LogP contribution in [0.1, 0.15) is 44.9 Å². The van der Waals surface area contributed by atoms with Crippen molar-refractivity contribution in [1.82, 2.24) is 0 Å². The highest BCUT2D eigenvalue weighted by molar-refractivity contribution is 5.99. The molecule has 1 spiro atoms. The van der Waals surface area contributed by atoms with E-state index in [1.54, 1.807) is 0 Å². The maximum Gasteiger partial charge on any atom is 0.321 e. The topological polar surface area (TPSA) is 74.6 Å². The molecule has 2 saturated carbocycles. The first-order valence-electron chi connectivity index (χ1n) is 5.52. The second kappa shape index (κ2) is 3.22. The van der Waals surface area contributed by atoms with Crippen LogP contribution in [0.25, 0.3) is 0 Å². The third-order valence-corrected chi connectivity index (χ3v) is 4.40. The highest BCUT2D eigenvalue weighted by Gasteiger charge is 2.65. The number of carboxylic acid groups (broad SMARTS) is 2. The van der Waals surface area contributed by atoms with Crippen LogP contribution in [-0.4, -0.2) is 22.2 Å². The van der Waals surface area contributed by atoms with Crippen molar-refractivity contribution in [3.8, 4) is 0 Å². The number of carbonyl (C=O) groups is 2. The van der Waals surface area contributed by atoms with Gasteiger partial charge in [-0.05, 0) is 31.1 Å². The Morgan fingerprint density at radius 3 is 1.73 bits per heavy atom. The summed E-state index contributed by atoms with van der Waals surface area (Å²) in [7, 11) is 0. The highest BCUT2D eigenvalue weighted by Crippen LogP contribution is 2.61. The van der Waals surface area contributed by atoms with Gasteiger partial charge in [0, 0.05) is 0 Å². The maximum absolute atomic E-state index is 11.3. The van der Waals surface area contributed by atoms with Crippen molar-refractivity contribution >= 4 is 11.9 Å². The number of carboxylic acids is 2. The van der Waals surface area contributed by atoms with Crippen LogP contribution >= 0.6 is 0 Å². The molecule has 0 aromatic heterocycles. The number of rotatable bonds is 2. The Labute approximate surface area is 88.3 Å². The number of aliphatic carboxylic acids is 2. The Bertz CT molecular complexity index is 282.